The van der Waals surface area contributed by atoms with E-state index < -0.39 is 0 Å². The highest BCUT2D eigenvalue weighted by Gasteiger charge is 2.22. The molecule has 6 rings (SSSR count). The standard InChI is InChI=1S/C44H46N8/c1-27-25-28(2)46-36-18-10-14-22-40(36)50-32(6)43(31(5)49-39-21-13-9-17-35(39)45-27)44-33(7)51-41-23-15-11-19-37(41)47-29(3)26-30(4)48-38-20-12-16-24-42(38)52-34(44)8/h9-26,45,47,50,52H,1-8H3/b27-25-,29-26+,43-32+,44-34-,46-28?,48-30?,49-31?,51-33?. The van der Waals surface area contributed by atoms with Gasteiger partial charge in [-0.2, -0.15) is 0 Å². The fourth-order valence-electron chi connectivity index (χ4n) is 6.56. The van der Waals surface area contributed by atoms with Crippen LogP contribution in [0.1, 0.15) is 55.4 Å². The number of rotatable bonds is 1. The van der Waals surface area contributed by atoms with Crippen molar-refractivity contribution in [3.8, 4) is 0 Å². The summed E-state index contributed by atoms with van der Waals surface area (Å²) in [4.78, 5) is 20.7. The van der Waals surface area contributed by atoms with Crippen molar-refractivity contribution < 1.29 is 0 Å². The van der Waals surface area contributed by atoms with Crippen LogP contribution in [0.15, 0.2) is 163 Å². The van der Waals surface area contributed by atoms with Gasteiger partial charge in [0.15, 0.2) is 0 Å². The Morgan fingerprint density at radius 3 is 0.981 bits per heavy atom. The first kappa shape index (κ1) is 35.5. The monoisotopic (exact) mass is 686 g/mol. The molecule has 0 unspecified atom stereocenters. The van der Waals surface area contributed by atoms with Gasteiger partial charge in [-0.25, -0.2) is 0 Å². The maximum absolute atomic E-state index is 5.32. The minimum absolute atomic E-state index is 0.814. The Morgan fingerprint density at radius 1 is 0.346 bits per heavy atom. The Kier molecular flexibility index (Phi) is 10.8. The van der Waals surface area contributed by atoms with Gasteiger partial charge in [0, 0.05) is 56.8 Å². The van der Waals surface area contributed by atoms with Gasteiger partial charge in [0.25, 0.3) is 0 Å². The van der Waals surface area contributed by atoms with E-state index in [1.807, 2.05) is 125 Å². The lowest BCUT2D eigenvalue weighted by molar-refractivity contribution is 1.26. The summed E-state index contributed by atoms with van der Waals surface area (Å²) < 4.78 is 0. The number of hydrogen-bond acceptors (Lipinski definition) is 8. The molecule has 262 valence electrons. The molecule has 4 aromatic rings. The number of aliphatic imine (C=N–C) groups is 4. The van der Waals surface area contributed by atoms with Crippen molar-refractivity contribution in [3.05, 3.63) is 143 Å². The number of para-hydroxylation sites is 8. The molecule has 2 aliphatic rings. The molecule has 0 atom stereocenters. The van der Waals surface area contributed by atoms with Crippen LogP contribution in [-0.4, -0.2) is 22.8 Å². The smallest absolute Gasteiger partial charge is 0.0867 e. The van der Waals surface area contributed by atoms with Crippen LogP contribution in [0, 0.1) is 0 Å². The molecular formula is C44H46N8. The zero-order valence-corrected chi connectivity index (χ0v) is 31.2. The van der Waals surface area contributed by atoms with Crippen LogP contribution < -0.4 is 21.3 Å². The SMILES string of the molecule is CC1=Nc2ccccc2N/C(C)=C(/C2=C(/C)Nc3ccccc3N=C(C)/C=C(\C)Nc3ccccc3N=C2C)C(C)=Nc2ccccc2N/C(C)=C\1. The first-order valence-corrected chi connectivity index (χ1v) is 17.5. The van der Waals surface area contributed by atoms with E-state index >= 15 is 0 Å². The van der Waals surface area contributed by atoms with Gasteiger partial charge >= 0.3 is 0 Å². The number of benzene rings is 4. The Labute approximate surface area is 307 Å². The van der Waals surface area contributed by atoms with Crippen LogP contribution in [0.4, 0.5) is 45.5 Å². The van der Waals surface area contributed by atoms with Crippen molar-refractivity contribution in [2.45, 2.75) is 55.4 Å². The molecule has 2 aliphatic heterocycles. The third kappa shape index (κ3) is 8.36. The van der Waals surface area contributed by atoms with E-state index in [9.17, 15) is 0 Å². The van der Waals surface area contributed by atoms with Crippen molar-refractivity contribution in [2.24, 2.45) is 20.0 Å². The van der Waals surface area contributed by atoms with Gasteiger partial charge in [0.1, 0.15) is 0 Å². The second kappa shape index (κ2) is 15.7. The molecule has 0 saturated heterocycles. The highest BCUT2D eigenvalue weighted by atomic mass is 15.0. The number of anilines is 4. The topological polar surface area (TPSA) is 97.6 Å². The quantitative estimate of drug-likeness (QED) is 0.160. The zero-order chi connectivity index (χ0) is 36.8. The largest absolute Gasteiger partial charge is 0.357 e. The van der Waals surface area contributed by atoms with Gasteiger partial charge < -0.3 is 21.3 Å². The number of hydrogen-bond donors (Lipinski definition) is 4. The minimum Gasteiger partial charge on any atom is -0.357 e. The van der Waals surface area contributed by atoms with Gasteiger partial charge in [-0.15, -0.1) is 0 Å². The van der Waals surface area contributed by atoms with E-state index in [-0.39, 0.29) is 0 Å². The Hall–Kier alpha value is -6.28. The molecule has 0 fully saturated rings. The van der Waals surface area contributed by atoms with Crippen LogP contribution in [0.5, 0.6) is 0 Å². The molecule has 4 N–H and O–H groups in total. The summed E-state index contributed by atoms with van der Waals surface area (Å²) in [6.45, 7) is 16.4. The molecule has 0 radical (unpaired) electrons. The fourth-order valence-corrected chi connectivity index (χ4v) is 6.56. The van der Waals surface area contributed by atoms with E-state index in [0.717, 1.165) is 102 Å². The molecule has 0 saturated carbocycles. The van der Waals surface area contributed by atoms with Gasteiger partial charge in [-0.1, -0.05) is 48.5 Å². The van der Waals surface area contributed by atoms with Crippen molar-refractivity contribution in [2.75, 3.05) is 21.3 Å². The van der Waals surface area contributed by atoms with Gasteiger partial charge in [0.05, 0.1) is 45.5 Å². The number of fused-ring (bicyclic) bond motifs is 4. The summed E-state index contributed by atoms with van der Waals surface area (Å²) >= 11 is 0. The molecule has 0 spiro atoms. The fraction of sp³-hybridized carbons (Fsp3) is 0.182. The maximum atomic E-state index is 5.32. The lowest BCUT2D eigenvalue weighted by atomic mass is 9.93. The Balaban J connectivity index is 1.67. The number of nitrogens with zero attached hydrogens (tertiary/aromatic N) is 4. The highest BCUT2D eigenvalue weighted by molar-refractivity contribution is 6.17. The average molecular weight is 687 g/mol. The van der Waals surface area contributed by atoms with E-state index in [1.54, 1.807) is 0 Å². The third-order valence-corrected chi connectivity index (χ3v) is 8.67. The van der Waals surface area contributed by atoms with Crippen molar-refractivity contribution in [1.82, 2.24) is 0 Å². The molecule has 0 amide bonds. The highest BCUT2D eigenvalue weighted by Crippen LogP contribution is 2.35. The van der Waals surface area contributed by atoms with E-state index in [4.69, 9.17) is 20.0 Å². The van der Waals surface area contributed by atoms with Crippen LogP contribution in [0.2, 0.25) is 0 Å². The first-order valence-electron chi connectivity index (χ1n) is 17.5. The molecule has 2 heterocycles. The molecule has 0 bridgehead atoms. The second-order valence-corrected chi connectivity index (χ2v) is 13.1. The van der Waals surface area contributed by atoms with Crippen molar-refractivity contribution >= 4 is 68.3 Å². The summed E-state index contributed by atoms with van der Waals surface area (Å²) in [5.74, 6) is 0. The lowest BCUT2D eigenvalue weighted by Crippen LogP contribution is -2.18. The Bertz CT molecular complexity index is 2120. The van der Waals surface area contributed by atoms with E-state index in [2.05, 4.69) is 61.1 Å². The van der Waals surface area contributed by atoms with E-state index in [1.165, 1.54) is 0 Å². The van der Waals surface area contributed by atoms with E-state index in [0.29, 0.717) is 0 Å². The summed E-state index contributed by atoms with van der Waals surface area (Å²) in [6.07, 6.45) is 4.10. The van der Waals surface area contributed by atoms with Crippen molar-refractivity contribution in [3.63, 3.8) is 0 Å². The maximum Gasteiger partial charge on any atom is 0.0867 e. The van der Waals surface area contributed by atoms with Crippen LogP contribution in [0.3, 0.4) is 0 Å². The molecular weight excluding hydrogens is 641 g/mol. The molecule has 4 aromatic carbocycles. The second-order valence-electron chi connectivity index (χ2n) is 13.1. The van der Waals surface area contributed by atoms with Crippen LogP contribution >= 0.6 is 0 Å². The minimum atomic E-state index is 0.814. The molecule has 0 aromatic heterocycles. The normalized spacial score (nSPS) is 20.5. The molecule has 8 nitrogen and oxygen atoms in total. The van der Waals surface area contributed by atoms with Gasteiger partial charge in [-0.05, 0) is 116 Å². The summed E-state index contributed by atoms with van der Waals surface area (Å²) in [5.41, 5.74) is 15.8. The Morgan fingerprint density at radius 2 is 0.635 bits per heavy atom. The lowest BCUT2D eigenvalue weighted by Gasteiger charge is -2.23. The summed E-state index contributed by atoms with van der Waals surface area (Å²) in [5, 5.41) is 14.6. The average Bonchev–Trinajstić information content (AvgIpc) is 3.09. The number of allylic oxidation sites excluding steroid dienone is 8. The third-order valence-electron chi connectivity index (χ3n) is 8.67. The molecule has 52 heavy (non-hydrogen) atoms. The predicted molar refractivity (Wildman–Crippen MR) is 224 cm³/mol. The summed E-state index contributed by atoms with van der Waals surface area (Å²) in [6, 6.07) is 32.4. The van der Waals surface area contributed by atoms with Gasteiger partial charge in [0.2, 0.25) is 0 Å². The predicted octanol–water partition coefficient (Wildman–Crippen LogP) is 12.2. The van der Waals surface area contributed by atoms with Crippen molar-refractivity contribution in [1.29, 1.82) is 0 Å². The van der Waals surface area contributed by atoms with Gasteiger partial charge in [-0.3, -0.25) is 20.0 Å². The zero-order valence-electron chi connectivity index (χ0n) is 31.2. The summed E-state index contributed by atoms with van der Waals surface area (Å²) in [7, 11) is 0. The van der Waals surface area contributed by atoms with Crippen LogP contribution in [0.25, 0.3) is 0 Å². The number of nitrogens with one attached hydrogen (secondary N) is 4. The molecule has 8 heteroatoms. The first-order chi connectivity index (χ1) is 25.0. The molecule has 0 aliphatic carbocycles. The van der Waals surface area contributed by atoms with Crippen LogP contribution in [-0.2, 0) is 0 Å².